The zero-order valence-electron chi connectivity index (χ0n) is 17.9. The molecule has 2 aliphatic carbocycles. The molecule has 0 saturated heterocycles. The van der Waals surface area contributed by atoms with Gasteiger partial charge >= 0.3 is 5.97 Å². The smallest absolute Gasteiger partial charge is 0.317 e. The van der Waals surface area contributed by atoms with Crippen molar-refractivity contribution in [1.82, 2.24) is 0 Å². The molecule has 2 aliphatic rings. The van der Waals surface area contributed by atoms with Crippen LogP contribution in [-0.4, -0.2) is 5.97 Å². The first-order valence-electron chi connectivity index (χ1n) is 11.5. The van der Waals surface area contributed by atoms with Gasteiger partial charge in [-0.05, 0) is 81.0 Å². The first kappa shape index (κ1) is 21.6. The van der Waals surface area contributed by atoms with Crippen LogP contribution in [0.2, 0.25) is 0 Å². The molecule has 3 rings (SSSR count). The Hall–Kier alpha value is -2.08. The van der Waals surface area contributed by atoms with Crippen molar-refractivity contribution in [3.63, 3.8) is 0 Å². The third-order valence-electron chi connectivity index (χ3n) is 7.38. The molecule has 156 valence electrons. The molecule has 3 heteroatoms. The molecule has 1 aromatic carbocycles. The molecule has 0 unspecified atom stereocenters. The van der Waals surface area contributed by atoms with E-state index in [1.165, 1.54) is 31.3 Å². The molecule has 3 nitrogen and oxygen atoms in total. The monoisotopic (exact) mass is 393 g/mol. The van der Waals surface area contributed by atoms with Crippen LogP contribution in [0.1, 0.15) is 89.5 Å². The van der Waals surface area contributed by atoms with Crippen molar-refractivity contribution in [3.8, 4) is 11.8 Å². The summed E-state index contributed by atoms with van der Waals surface area (Å²) in [6, 6.07) is 9.02. The highest BCUT2D eigenvalue weighted by Crippen LogP contribution is 2.50. The van der Waals surface area contributed by atoms with E-state index >= 15 is 0 Å². The summed E-state index contributed by atoms with van der Waals surface area (Å²) in [5.74, 6) is 1.75. The van der Waals surface area contributed by atoms with Crippen molar-refractivity contribution in [2.75, 3.05) is 0 Å². The average molecular weight is 394 g/mol. The predicted molar refractivity (Wildman–Crippen MR) is 116 cm³/mol. The van der Waals surface area contributed by atoms with Crippen molar-refractivity contribution >= 4 is 5.97 Å². The van der Waals surface area contributed by atoms with E-state index in [1.54, 1.807) is 24.3 Å². The molecule has 0 spiro atoms. The Bertz CT molecular complexity index is 729. The lowest BCUT2D eigenvalue weighted by atomic mass is 9.60. The minimum Gasteiger partial charge on any atom is -0.426 e. The molecule has 2 saturated carbocycles. The van der Waals surface area contributed by atoms with Crippen molar-refractivity contribution in [2.24, 2.45) is 17.3 Å². The summed E-state index contributed by atoms with van der Waals surface area (Å²) >= 11 is 0. The highest BCUT2D eigenvalue weighted by molar-refractivity contribution is 5.79. The van der Waals surface area contributed by atoms with E-state index in [0.29, 0.717) is 17.2 Å². The molecular weight excluding hydrogens is 358 g/mol. The molecular formula is C26H35NO2. The lowest BCUT2D eigenvalue weighted by Gasteiger charge is -2.44. The molecule has 29 heavy (non-hydrogen) atoms. The topological polar surface area (TPSA) is 50.1 Å². The minimum atomic E-state index is -0.315. The molecule has 0 radical (unpaired) electrons. The van der Waals surface area contributed by atoms with Crippen molar-refractivity contribution in [3.05, 3.63) is 42.0 Å². The van der Waals surface area contributed by atoms with E-state index < -0.39 is 0 Å². The maximum absolute atomic E-state index is 13.4. The molecule has 1 aromatic rings. The Morgan fingerprint density at radius 2 is 1.79 bits per heavy atom. The SMILES string of the molecule is C=C(CC)CCC1CCC(C2(C(=O)Oc3ccc(C#N)cc3)CCCCC2)CC1. The third kappa shape index (κ3) is 5.30. The molecule has 0 atom stereocenters. The summed E-state index contributed by atoms with van der Waals surface area (Å²) in [7, 11) is 0. The van der Waals surface area contributed by atoms with Crippen LogP contribution < -0.4 is 4.74 Å². The second-order valence-electron chi connectivity index (χ2n) is 9.10. The van der Waals surface area contributed by atoms with Crippen molar-refractivity contribution < 1.29 is 9.53 Å². The van der Waals surface area contributed by atoms with Gasteiger partial charge in [-0.1, -0.05) is 51.2 Å². The van der Waals surface area contributed by atoms with Gasteiger partial charge < -0.3 is 4.74 Å². The van der Waals surface area contributed by atoms with Crippen LogP contribution >= 0.6 is 0 Å². The zero-order valence-corrected chi connectivity index (χ0v) is 17.9. The highest BCUT2D eigenvalue weighted by Gasteiger charge is 2.48. The first-order chi connectivity index (χ1) is 14.1. The number of nitrogens with zero attached hydrogens (tertiary/aromatic N) is 1. The molecule has 0 aromatic heterocycles. The Morgan fingerprint density at radius 3 is 2.38 bits per heavy atom. The largest absolute Gasteiger partial charge is 0.426 e. The normalized spacial score (nSPS) is 23.7. The van der Waals surface area contributed by atoms with Gasteiger partial charge in [-0.3, -0.25) is 4.79 Å². The fraction of sp³-hybridized carbons (Fsp3) is 0.615. The summed E-state index contributed by atoms with van der Waals surface area (Å²) < 4.78 is 5.87. The van der Waals surface area contributed by atoms with Gasteiger partial charge in [-0.25, -0.2) is 0 Å². The van der Waals surface area contributed by atoms with Gasteiger partial charge in [0.05, 0.1) is 17.0 Å². The van der Waals surface area contributed by atoms with Gasteiger partial charge in [-0.15, -0.1) is 0 Å². The number of carbonyl (C=O) groups excluding carboxylic acids is 1. The van der Waals surface area contributed by atoms with Gasteiger partial charge in [0.15, 0.2) is 0 Å². The summed E-state index contributed by atoms with van der Waals surface area (Å²) in [4.78, 5) is 13.4. The summed E-state index contributed by atoms with van der Waals surface area (Å²) in [6.45, 7) is 6.34. The second-order valence-corrected chi connectivity index (χ2v) is 9.10. The first-order valence-corrected chi connectivity index (χ1v) is 11.5. The van der Waals surface area contributed by atoms with Crippen molar-refractivity contribution in [1.29, 1.82) is 5.26 Å². The Labute approximate surface area is 176 Å². The van der Waals surface area contributed by atoms with E-state index in [4.69, 9.17) is 10.00 Å². The maximum atomic E-state index is 13.4. The second kappa shape index (κ2) is 10.1. The van der Waals surface area contributed by atoms with Gasteiger partial charge in [0.1, 0.15) is 5.75 Å². The van der Waals surface area contributed by atoms with Crippen LogP contribution in [0, 0.1) is 28.6 Å². The summed E-state index contributed by atoms with van der Waals surface area (Å²) in [5.41, 5.74) is 1.63. The number of hydrogen-bond donors (Lipinski definition) is 0. The maximum Gasteiger partial charge on any atom is 0.317 e. The standard InChI is InChI=1S/C26H35NO2/c1-3-20(2)7-8-21-9-13-23(14-10-21)26(17-5-4-6-18-26)25(28)29-24-15-11-22(19-27)12-16-24/h11-12,15-16,21,23H,2-10,13-14,17-18H2,1H3. The lowest BCUT2D eigenvalue weighted by Crippen LogP contribution is -2.44. The lowest BCUT2D eigenvalue weighted by molar-refractivity contribution is -0.153. The highest BCUT2D eigenvalue weighted by atomic mass is 16.5. The molecule has 0 N–H and O–H groups in total. The fourth-order valence-corrected chi connectivity index (χ4v) is 5.36. The van der Waals surface area contributed by atoms with Gasteiger partial charge in [0.25, 0.3) is 0 Å². The summed E-state index contributed by atoms with van der Waals surface area (Å²) in [5, 5.41) is 8.97. The molecule has 2 fully saturated rings. The van der Waals surface area contributed by atoms with Crippen LogP contribution in [0.4, 0.5) is 0 Å². The quantitative estimate of drug-likeness (QED) is 0.285. The predicted octanol–water partition coefficient (Wildman–Crippen LogP) is 6.97. The van der Waals surface area contributed by atoms with Crippen LogP contribution in [0.3, 0.4) is 0 Å². The number of hydrogen-bond acceptors (Lipinski definition) is 3. The minimum absolute atomic E-state index is 0.0373. The van der Waals surface area contributed by atoms with Crippen LogP contribution in [0.15, 0.2) is 36.4 Å². The van der Waals surface area contributed by atoms with Crippen molar-refractivity contribution in [2.45, 2.75) is 84.0 Å². The number of esters is 1. The number of rotatable bonds is 7. The van der Waals surface area contributed by atoms with E-state index in [-0.39, 0.29) is 11.4 Å². The van der Waals surface area contributed by atoms with E-state index in [1.807, 2.05) is 0 Å². The summed E-state index contributed by atoms with van der Waals surface area (Å²) in [6.07, 6.45) is 13.6. The third-order valence-corrected chi connectivity index (χ3v) is 7.38. The van der Waals surface area contributed by atoms with Gasteiger partial charge in [-0.2, -0.15) is 5.26 Å². The molecule has 0 amide bonds. The van der Waals surface area contributed by atoms with Gasteiger partial charge in [0.2, 0.25) is 0 Å². The Kier molecular flexibility index (Phi) is 7.53. The Balaban J connectivity index is 1.64. The number of benzene rings is 1. The zero-order chi connectivity index (χ0) is 20.7. The van der Waals surface area contributed by atoms with E-state index in [9.17, 15) is 4.79 Å². The number of allylic oxidation sites excluding steroid dienone is 1. The van der Waals surface area contributed by atoms with E-state index in [2.05, 4.69) is 19.6 Å². The Morgan fingerprint density at radius 1 is 1.14 bits per heavy atom. The number of carbonyl (C=O) groups is 1. The molecule has 0 heterocycles. The fourth-order valence-electron chi connectivity index (χ4n) is 5.36. The van der Waals surface area contributed by atoms with Crippen LogP contribution in [0.5, 0.6) is 5.75 Å². The van der Waals surface area contributed by atoms with Crippen LogP contribution in [-0.2, 0) is 4.79 Å². The van der Waals surface area contributed by atoms with Gasteiger partial charge in [0, 0.05) is 0 Å². The molecule has 0 aliphatic heterocycles. The van der Waals surface area contributed by atoms with Crippen LogP contribution in [0.25, 0.3) is 0 Å². The van der Waals surface area contributed by atoms with E-state index in [0.717, 1.165) is 57.3 Å². The number of ether oxygens (including phenoxy) is 1. The molecule has 0 bridgehead atoms. The average Bonchev–Trinajstić information content (AvgIpc) is 2.78. The number of nitriles is 1.